The van der Waals surface area contributed by atoms with Gasteiger partial charge in [0.25, 0.3) is 5.56 Å². The summed E-state index contributed by atoms with van der Waals surface area (Å²) in [4.78, 5) is 36.3. The number of amides is 1. The lowest BCUT2D eigenvalue weighted by atomic mass is 10.3. The van der Waals surface area contributed by atoms with Gasteiger partial charge in [0.05, 0.1) is 30.0 Å². The van der Waals surface area contributed by atoms with Crippen molar-refractivity contribution in [3.05, 3.63) is 39.8 Å². The fraction of sp³-hybridized carbons (Fsp3) is 0.400. The number of ether oxygens (including phenoxy) is 1. The number of carbonyl (C=O) groups excluding carboxylic acids is 1. The van der Waals surface area contributed by atoms with Crippen LogP contribution >= 0.6 is 0 Å². The van der Waals surface area contributed by atoms with Crippen molar-refractivity contribution >= 4 is 11.6 Å². The number of hydrogen-bond acceptors (Lipinski definition) is 6. The molecule has 122 valence electrons. The number of nitrogens with zero attached hydrogens (tertiary/aromatic N) is 4. The first-order valence-corrected chi connectivity index (χ1v) is 7.21. The molecule has 1 amide bonds. The summed E-state index contributed by atoms with van der Waals surface area (Å²) in [6, 6.07) is 1.66. The van der Waals surface area contributed by atoms with E-state index in [0.717, 1.165) is 0 Å². The Morgan fingerprint density at radius 1 is 1.26 bits per heavy atom. The van der Waals surface area contributed by atoms with E-state index in [4.69, 9.17) is 4.74 Å². The Balaban J connectivity index is 2.15. The Morgan fingerprint density at radius 2 is 1.91 bits per heavy atom. The molecule has 0 unspecified atom stereocenters. The SMILES string of the molecule is CCOc1nc(C)c(NC(=O)Cn2cnc(C)cc2=O)c(C)n1. The monoisotopic (exact) mass is 317 g/mol. The standard InChI is InChI=1S/C15H19N5O3/c1-5-23-15-17-10(3)14(11(4)18-15)19-12(21)7-20-8-16-9(2)6-13(20)22/h6,8H,5,7H2,1-4H3,(H,19,21). The van der Waals surface area contributed by atoms with Crippen LogP contribution in [0.15, 0.2) is 17.2 Å². The minimum atomic E-state index is -0.350. The molecule has 0 bridgehead atoms. The third kappa shape index (κ3) is 4.12. The average molecular weight is 317 g/mol. The Labute approximate surface area is 133 Å². The van der Waals surface area contributed by atoms with Gasteiger partial charge in [-0.15, -0.1) is 0 Å². The lowest BCUT2D eigenvalue weighted by molar-refractivity contribution is -0.116. The van der Waals surface area contributed by atoms with E-state index in [1.54, 1.807) is 20.8 Å². The molecular formula is C15H19N5O3. The summed E-state index contributed by atoms with van der Waals surface area (Å²) in [5.41, 5.74) is 2.06. The van der Waals surface area contributed by atoms with Crippen LogP contribution in [0.3, 0.4) is 0 Å². The molecule has 0 spiro atoms. The molecule has 2 heterocycles. The van der Waals surface area contributed by atoms with Gasteiger partial charge in [0, 0.05) is 11.8 Å². The number of hydrogen-bond donors (Lipinski definition) is 1. The summed E-state index contributed by atoms with van der Waals surface area (Å²) in [7, 11) is 0. The van der Waals surface area contributed by atoms with Gasteiger partial charge in [0.15, 0.2) is 0 Å². The molecule has 0 aliphatic rings. The molecule has 2 aromatic rings. The molecule has 0 aliphatic carbocycles. The summed E-state index contributed by atoms with van der Waals surface area (Å²) in [6.45, 7) is 7.41. The van der Waals surface area contributed by atoms with Crippen molar-refractivity contribution in [1.29, 1.82) is 0 Å². The topological polar surface area (TPSA) is 99.0 Å². The Morgan fingerprint density at radius 3 is 2.48 bits per heavy atom. The summed E-state index contributed by atoms with van der Waals surface area (Å²) < 4.78 is 6.50. The van der Waals surface area contributed by atoms with E-state index in [2.05, 4.69) is 20.3 Å². The van der Waals surface area contributed by atoms with Crippen LogP contribution in [0.1, 0.15) is 24.0 Å². The molecule has 23 heavy (non-hydrogen) atoms. The van der Waals surface area contributed by atoms with Crippen molar-refractivity contribution in [2.75, 3.05) is 11.9 Å². The molecule has 0 saturated carbocycles. The fourth-order valence-corrected chi connectivity index (χ4v) is 2.03. The van der Waals surface area contributed by atoms with Crippen LogP contribution < -0.4 is 15.6 Å². The van der Waals surface area contributed by atoms with Crippen LogP contribution in [0, 0.1) is 20.8 Å². The van der Waals surface area contributed by atoms with Crippen molar-refractivity contribution in [2.45, 2.75) is 34.2 Å². The second-order valence-corrected chi connectivity index (χ2v) is 5.03. The first kappa shape index (κ1) is 16.6. The van der Waals surface area contributed by atoms with Gasteiger partial charge in [-0.05, 0) is 27.7 Å². The van der Waals surface area contributed by atoms with E-state index in [9.17, 15) is 9.59 Å². The van der Waals surface area contributed by atoms with E-state index < -0.39 is 0 Å². The molecule has 0 fully saturated rings. The zero-order chi connectivity index (χ0) is 17.0. The number of aromatic nitrogens is 4. The highest BCUT2D eigenvalue weighted by molar-refractivity contribution is 5.91. The van der Waals surface area contributed by atoms with Crippen molar-refractivity contribution < 1.29 is 9.53 Å². The van der Waals surface area contributed by atoms with E-state index in [1.165, 1.54) is 17.0 Å². The van der Waals surface area contributed by atoms with Crippen LogP contribution in [0.4, 0.5) is 5.69 Å². The molecule has 0 saturated heterocycles. The molecule has 0 aromatic carbocycles. The number of anilines is 1. The second kappa shape index (κ2) is 6.99. The zero-order valence-corrected chi connectivity index (χ0v) is 13.6. The molecule has 2 rings (SSSR count). The van der Waals surface area contributed by atoms with Crippen LogP contribution in [0.25, 0.3) is 0 Å². The number of aryl methyl sites for hydroxylation is 3. The van der Waals surface area contributed by atoms with Crippen LogP contribution in [-0.4, -0.2) is 32.0 Å². The molecule has 2 aromatic heterocycles. The minimum absolute atomic E-state index is 0.127. The van der Waals surface area contributed by atoms with Gasteiger partial charge in [-0.25, -0.2) is 4.98 Å². The van der Waals surface area contributed by atoms with Crippen molar-refractivity contribution in [2.24, 2.45) is 0 Å². The van der Waals surface area contributed by atoms with Crippen molar-refractivity contribution in [3.63, 3.8) is 0 Å². The maximum Gasteiger partial charge on any atom is 0.316 e. The predicted molar refractivity (Wildman–Crippen MR) is 84.5 cm³/mol. The van der Waals surface area contributed by atoms with Crippen LogP contribution in [0.2, 0.25) is 0 Å². The van der Waals surface area contributed by atoms with Gasteiger partial charge < -0.3 is 10.1 Å². The third-order valence-electron chi connectivity index (χ3n) is 3.12. The van der Waals surface area contributed by atoms with Gasteiger partial charge in [-0.3, -0.25) is 14.2 Å². The van der Waals surface area contributed by atoms with Crippen LogP contribution in [0.5, 0.6) is 6.01 Å². The third-order valence-corrected chi connectivity index (χ3v) is 3.12. The lowest BCUT2D eigenvalue weighted by Gasteiger charge is -2.12. The fourth-order valence-electron chi connectivity index (χ4n) is 2.03. The number of nitrogens with one attached hydrogen (secondary N) is 1. The predicted octanol–water partition coefficient (Wildman–Crippen LogP) is 0.996. The Hall–Kier alpha value is -2.77. The molecule has 1 N–H and O–H groups in total. The first-order chi connectivity index (χ1) is 10.9. The van der Waals surface area contributed by atoms with E-state index in [0.29, 0.717) is 29.4 Å². The normalized spacial score (nSPS) is 10.4. The Kier molecular flexibility index (Phi) is 5.05. The van der Waals surface area contributed by atoms with Crippen molar-refractivity contribution in [3.8, 4) is 6.01 Å². The van der Waals surface area contributed by atoms with E-state index >= 15 is 0 Å². The zero-order valence-electron chi connectivity index (χ0n) is 13.6. The number of rotatable bonds is 5. The highest BCUT2D eigenvalue weighted by Gasteiger charge is 2.13. The van der Waals surface area contributed by atoms with Gasteiger partial charge >= 0.3 is 6.01 Å². The molecule has 8 heteroatoms. The average Bonchev–Trinajstić information content (AvgIpc) is 2.46. The quantitative estimate of drug-likeness (QED) is 0.883. The van der Waals surface area contributed by atoms with Gasteiger partial charge in [0.1, 0.15) is 6.54 Å². The minimum Gasteiger partial charge on any atom is -0.464 e. The van der Waals surface area contributed by atoms with E-state index in [1.807, 2.05) is 6.92 Å². The molecule has 0 radical (unpaired) electrons. The molecule has 0 aliphatic heterocycles. The maximum absolute atomic E-state index is 12.1. The largest absolute Gasteiger partial charge is 0.464 e. The van der Waals surface area contributed by atoms with Gasteiger partial charge in [-0.2, -0.15) is 9.97 Å². The highest BCUT2D eigenvalue weighted by Crippen LogP contribution is 2.19. The summed E-state index contributed by atoms with van der Waals surface area (Å²) in [6.07, 6.45) is 1.35. The summed E-state index contributed by atoms with van der Waals surface area (Å²) in [5, 5.41) is 2.73. The first-order valence-electron chi connectivity index (χ1n) is 7.21. The smallest absolute Gasteiger partial charge is 0.316 e. The molecule has 8 nitrogen and oxygen atoms in total. The molecule has 0 atom stereocenters. The van der Waals surface area contributed by atoms with E-state index in [-0.39, 0.29) is 24.0 Å². The Bertz CT molecular complexity index is 762. The number of carbonyl (C=O) groups is 1. The van der Waals surface area contributed by atoms with Gasteiger partial charge in [0.2, 0.25) is 5.91 Å². The summed E-state index contributed by atoms with van der Waals surface area (Å²) in [5.74, 6) is -0.350. The van der Waals surface area contributed by atoms with Crippen molar-refractivity contribution in [1.82, 2.24) is 19.5 Å². The molecular weight excluding hydrogens is 298 g/mol. The second-order valence-electron chi connectivity index (χ2n) is 5.03. The highest BCUT2D eigenvalue weighted by atomic mass is 16.5. The summed E-state index contributed by atoms with van der Waals surface area (Å²) >= 11 is 0. The maximum atomic E-state index is 12.1. The van der Waals surface area contributed by atoms with Crippen LogP contribution in [-0.2, 0) is 11.3 Å². The lowest BCUT2D eigenvalue weighted by Crippen LogP contribution is -2.28. The van der Waals surface area contributed by atoms with Gasteiger partial charge in [-0.1, -0.05) is 0 Å².